The Morgan fingerprint density at radius 3 is 2.42 bits per heavy atom. The molecule has 2 heterocycles. The number of benzene rings is 1. The minimum absolute atomic E-state index is 0.640. The molecule has 0 amide bonds. The summed E-state index contributed by atoms with van der Waals surface area (Å²) >= 11 is 0. The van der Waals surface area contributed by atoms with Crippen molar-refractivity contribution in [3.8, 4) is 11.3 Å². The summed E-state index contributed by atoms with van der Waals surface area (Å²) in [4.78, 5) is 6.76. The van der Waals surface area contributed by atoms with Crippen molar-refractivity contribution >= 4 is 12.5 Å². The molecule has 1 aromatic heterocycles. The van der Waals surface area contributed by atoms with Crippen LogP contribution in [0.25, 0.3) is 11.3 Å². The maximum atomic E-state index is 7.00. The van der Waals surface area contributed by atoms with E-state index in [1.54, 1.807) is 0 Å². The fraction of sp³-hybridized carbons (Fsp3) is 0.450. The Morgan fingerprint density at radius 2 is 1.88 bits per heavy atom. The van der Waals surface area contributed by atoms with Crippen LogP contribution in [-0.2, 0) is 13.5 Å². The standard InChI is InChI=1S/C19H25N3.CH4O/c1-14-17(13-16-11-8-12-21(16)3)18(22(4)19(14)20-2)15-9-6-5-7-10-15;1-2/h5-7,9-10,16H,2,8,11-13H2,1,3-4H3;2H,1H3. The van der Waals surface area contributed by atoms with E-state index in [0.717, 1.165) is 19.3 Å². The summed E-state index contributed by atoms with van der Waals surface area (Å²) in [7, 11) is 5.34. The fourth-order valence-electron chi connectivity index (χ4n) is 3.78. The lowest BCUT2D eigenvalue weighted by atomic mass is 9.97. The highest BCUT2D eigenvalue weighted by Gasteiger charge is 2.26. The van der Waals surface area contributed by atoms with Gasteiger partial charge in [0.1, 0.15) is 5.82 Å². The SMILES string of the molecule is C=Nc1c(C)c(CC2CCCN2C)c(-c2ccccc2)n1C.CO. The minimum Gasteiger partial charge on any atom is -0.400 e. The molecule has 0 aliphatic carbocycles. The van der Waals surface area contributed by atoms with Crippen molar-refractivity contribution in [2.75, 3.05) is 20.7 Å². The van der Waals surface area contributed by atoms with E-state index < -0.39 is 0 Å². The predicted molar refractivity (Wildman–Crippen MR) is 102 cm³/mol. The Labute approximate surface area is 145 Å². The first kappa shape index (κ1) is 18.4. The summed E-state index contributed by atoms with van der Waals surface area (Å²) in [6.07, 6.45) is 3.69. The average Bonchev–Trinajstić information content (AvgIpc) is 3.12. The lowest BCUT2D eigenvalue weighted by molar-refractivity contribution is 0.309. The Kier molecular flexibility index (Phi) is 6.35. The first-order chi connectivity index (χ1) is 11.6. The van der Waals surface area contributed by atoms with Crippen LogP contribution >= 0.6 is 0 Å². The molecule has 1 aliphatic rings. The third-order valence-electron chi connectivity index (χ3n) is 5.04. The second kappa shape index (κ2) is 8.27. The summed E-state index contributed by atoms with van der Waals surface area (Å²) in [5, 5.41) is 7.00. The molecule has 1 N–H and O–H groups in total. The molecule has 1 unspecified atom stereocenters. The fourth-order valence-corrected chi connectivity index (χ4v) is 3.78. The number of likely N-dealkylation sites (tertiary alicyclic amines) is 1. The van der Waals surface area contributed by atoms with Crippen LogP contribution in [0.3, 0.4) is 0 Å². The Balaban J connectivity index is 0.00000100. The second-order valence-electron chi connectivity index (χ2n) is 6.34. The molecule has 1 aromatic carbocycles. The zero-order valence-electron chi connectivity index (χ0n) is 15.3. The second-order valence-corrected chi connectivity index (χ2v) is 6.34. The van der Waals surface area contributed by atoms with Crippen LogP contribution in [0.2, 0.25) is 0 Å². The van der Waals surface area contributed by atoms with Crippen molar-refractivity contribution in [2.24, 2.45) is 12.0 Å². The van der Waals surface area contributed by atoms with Crippen LogP contribution in [0, 0.1) is 6.92 Å². The maximum Gasteiger partial charge on any atom is 0.135 e. The highest BCUT2D eigenvalue weighted by molar-refractivity contribution is 5.72. The summed E-state index contributed by atoms with van der Waals surface area (Å²) in [5.74, 6) is 0.995. The number of aliphatic hydroxyl groups excluding tert-OH is 1. The largest absolute Gasteiger partial charge is 0.400 e. The van der Waals surface area contributed by atoms with E-state index in [2.05, 4.69) is 72.5 Å². The molecule has 1 fully saturated rings. The van der Waals surface area contributed by atoms with Gasteiger partial charge in [-0.1, -0.05) is 30.3 Å². The Morgan fingerprint density at radius 1 is 1.21 bits per heavy atom. The van der Waals surface area contributed by atoms with Gasteiger partial charge < -0.3 is 14.6 Å². The molecule has 0 radical (unpaired) electrons. The minimum atomic E-state index is 0.640. The van der Waals surface area contributed by atoms with Crippen molar-refractivity contribution in [3.63, 3.8) is 0 Å². The summed E-state index contributed by atoms with van der Waals surface area (Å²) in [6, 6.07) is 11.3. The van der Waals surface area contributed by atoms with E-state index in [4.69, 9.17) is 5.11 Å². The van der Waals surface area contributed by atoms with Crippen molar-refractivity contribution in [1.29, 1.82) is 0 Å². The molecule has 2 aromatic rings. The number of aromatic nitrogens is 1. The third kappa shape index (κ3) is 3.45. The highest BCUT2D eigenvalue weighted by atomic mass is 16.2. The average molecular weight is 327 g/mol. The van der Waals surface area contributed by atoms with Gasteiger partial charge in [0.2, 0.25) is 0 Å². The molecular weight excluding hydrogens is 298 g/mol. The van der Waals surface area contributed by atoms with E-state index >= 15 is 0 Å². The maximum absolute atomic E-state index is 7.00. The molecule has 1 saturated heterocycles. The topological polar surface area (TPSA) is 40.8 Å². The molecule has 0 spiro atoms. The van der Waals surface area contributed by atoms with Gasteiger partial charge in [0.05, 0.1) is 5.69 Å². The normalized spacial score (nSPS) is 17.5. The number of nitrogens with zero attached hydrogens (tertiary/aromatic N) is 3. The quantitative estimate of drug-likeness (QED) is 0.872. The van der Waals surface area contributed by atoms with Gasteiger partial charge in [-0.05, 0) is 63.2 Å². The Bertz CT molecular complexity index is 676. The number of hydrogen-bond acceptors (Lipinski definition) is 3. The van der Waals surface area contributed by atoms with E-state index in [-0.39, 0.29) is 0 Å². The van der Waals surface area contributed by atoms with Crippen LogP contribution in [0.5, 0.6) is 0 Å². The lowest BCUT2D eigenvalue weighted by Gasteiger charge is -2.20. The van der Waals surface area contributed by atoms with Crippen LogP contribution in [-0.4, -0.2) is 48.0 Å². The molecule has 0 saturated carbocycles. The van der Waals surface area contributed by atoms with Crippen LogP contribution in [0.1, 0.15) is 24.0 Å². The van der Waals surface area contributed by atoms with Crippen molar-refractivity contribution in [2.45, 2.75) is 32.2 Å². The number of hydrogen-bond donors (Lipinski definition) is 1. The Hall–Kier alpha value is -1.91. The summed E-state index contributed by atoms with van der Waals surface area (Å²) < 4.78 is 2.20. The van der Waals surface area contributed by atoms with Gasteiger partial charge >= 0.3 is 0 Å². The first-order valence-electron chi connectivity index (χ1n) is 8.48. The molecular formula is C20H29N3O. The van der Waals surface area contributed by atoms with Gasteiger partial charge in [-0.15, -0.1) is 0 Å². The van der Waals surface area contributed by atoms with Crippen LogP contribution in [0.15, 0.2) is 35.3 Å². The van der Waals surface area contributed by atoms with Gasteiger partial charge in [0, 0.05) is 20.2 Å². The van der Waals surface area contributed by atoms with Gasteiger partial charge in [0.15, 0.2) is 0 Å². The number of aliphatic hydroxyl groups is 1. The number of aliphatic imine (C=N–C) groups is 1. The third-order valence-corrected chi connectivity index (χ3v) is 5.04. The van der Waals surface area contributed by atoms with Gasteiger partial charge in [0.25, 0.3) is 0 Å². The highest BCUT2D eigenvalue weighted by Crippen LogP contribution is 2.37. The molecule has 1 aliphatic heterocycles. The molecule has 24 heavy (non-hydrogen) atoms. The summed E-state index contributed by atoms with van der Waals surface area (Å²) in [6.45, 7) is 7.16. The van der Waals surface area contributed by atoms with Gasteiger partial charge in [-0.2, -0.15) is 0 Å². The smallest absolute Gasteiger partial charge is 0.135 e. The van der Waals surface area contributed by atoms with Crippen molar-refractivity contribution in [1.82, 2.24) is 9.47 Å². The van der Waals surface area contributed by atoms with E-state index in [1.807, 2.05) is 0 Å². The predicted octanol–water partition coefficient (Wildman–Crippen LogP) is 3.58. The van der Waals surface area contributed by atoms with Crippen molar-refractivity contribution < 1.29 is 5.11 Å². The first-order valence-corrected chi connectivity index (χ1v) is 8.48. The molecule has 130 valence electrons. The molecule has 0 bridgehead atoms. The van der Waals surface area contributed by atoms with E-state index in [0.29, 0.717) is 6.04 Å². The van der Waals surface area contributed by atoms with E-state index in [1.165, 1.54) is 41.8 Å². The number of rotatable bonds is 4. The monoisotopic (exact) mass is 327 g/mol. The zero-order chi connectivity index (χ0) is 17.7. The number of likely N-dealkylation sites (N-methyl/N-ethyl adjacent to an activating group) is 1. The van der Waals surface area contributed by atoms with Gasteiger partial charge in [-0.25, -0.2) is 4.99 Å². The van der Waals surface area contributed by atoms with Gasteiger partial charge in [-0.3, -0.25) is 0 Å². The van der Waals surface area contributed by atoms with Crippen LogP contribution < -0.4 is 0 Å². The summed E-state index contributed by atoms with van der Waals surface area (Å²) in [5.41, 5.74) is 5.26. The molecule has 4 nitrogen and oxygen atoms in total. The van der Waals surface area contributed by atoms with E-state index in [9.17, 15) is 0 Å². The molecule has 1 atom stereocenters. The lowest BCUT2D eigenvalue weighted by Crippen LogP contribution is -2.27. The van der Waals surface area contributed by atoms with Crippen molar-refractivity contribution in [3.05, 3.63) is 41.5 Å². The molecule has 3 rings (SSSR count). The zero-order valence-corrected chi connectivity index (χ0v) is 15.3. The molecule has 4 heteroatoms. The van der Waals surface area contributed by atoms with Crippen LogP contribution in [0.4, 0.5) is 5.82 Å².